The van der Waals surface area contributed by atoms with E-state index in [2.05, 4.69) is 59.4 Å². The fourth-order valence-electron chi connectivity index (χ4n) is 1.75. The van der Waals surface area contributed by atoms with E-state index in [0.717, 1.165) is 13.0 Å². The summed E-state index contributed by atoms with van der Waals surface area (Å²) < 4.78 is 1.24. The molecule has 0 saturated carbocycles. The van der Waals surface area contributed by atoms with Gasteiger partial charge in [-0.15, -0.1) is 0 Å². The van der Waals surface area contributed by atoms with E-state index < -0.39 is 0 Å². The first-order valence-corrected chi connectivity index (χ1v) is 6.50. The normalized spacial score (nSPS) is 12.7. The van der Waals surface area contributed by atoms with E-state index in [0.29, 0.717) is 6.04 Å². The van der Waals surface area contributed by atoms with Gasteiger partial charge in [-0.1, -0.05) is 41.1 Å². The van der Waals surface area contributed by atoms with Crippen LogP contribution in [0.4, 0.5) is 0 Å². The van der Waals surface area contributed by atoms with Crippen molar-refractivity contribution < 1.29 is 0 Å². The van der Waals surface area contributed by atoms with Gasteiger partial charge in [-0.3, -0.25) is 0 Å². The molecule has 1 nitrogen and oxygen atoms in total. The van der Waals surface area contributed by atoms with Gasteiger partial charge in [0.15, 0.2) is 0 Å². The molecule has 15 heavy (non-hydrogen) atoms. The summed E-state index contributed by atoms with van der Waals surface area (Å²) >= 11 is 3.58. The van der Waals surface area contributed by atoms with Crippen molar-refractivity contribution in [1.29, 1.82) is 0 Å². The van der Waals surface area contributed by atoms with Crippen molar-refractivity contribution in [3.05, 3.63) is 34.3 Å². The third-order valence-electron chi connectivity index (χ3n) is 2.59. The predicted octanol–water partition coefficient (Wildman–Crippen LogP) is 3.77. The van der Waals surface area contributed by atoms with Gasteiger partial charge in [0.05, 0.1) is 0 Å². The first-order valence-electron chi connectivity index (χ1n) is 5.70. The van der Waals surface area contributed by atoms with E-state index >= 15 is 0 Å². The lowest BCUT2D eigenvalue weighted by Gasteiger charge is -2.12. The lowest BCUT2D eigenvalue weighted by Crippen LogP contribution is -2.25. The van der Waals surface area contributed by atoms with Crippen LogP contribution in [-0.4, -0.2) is 12.6 Å². The minimum absolute atomic E-state index is 0.637. The van der Waals surface area contributed by atoms with E-state index in [4.69, 9.17) is 0 Å². The Morgan fingerprint density at radius 2 is 2.07 bits per heavy atom. The quantitative estimate of drug-likeness (QED) is 0.829. The molecule has 1 atom stereocenters. The monoisotopic (exact) mass is 269 g/mol. The summed E-state index contributed by atoms with van der Waals surface area (Å²) in [6.07, 6.45) is 3.66. The zero-order valence-corrected chi connectivity index (χ0v) is 11.2. The Labute approximate surface area is 101 Å². The highest BCUT2D eigenvalue weighted by Gasteiger charge is 2.01. The van der Waals surface area contributed by atoms with E-state index in [1.165, 1.54) is 22.9 Å². The van der Waals surface area contributed by atoms with Crippen LogP contribution in [0, 0.1) is 0 Å². The Kier molecular flexibility index (Phi) is 5.96. The summed E-state index contributed by atoms with van der Waals surface area (Å²) in [5.74, 6) is 0. The van der Waals surface area contributed by atoms with Gasteiger partial charge in [0, 0.05) is 10.5 Å². The Morgan fingerprint density at radius 1 is 1.33 bits per heavy atom. The first-order chi connectivity index (χ1) is 7.24. The van der Waals surface area contributed by atoms with E-state index in [1.54, 1.807) is 0 Å². The number of halogens is 1. The summed E-state index contributed by atoms with van der Waals surface area (Å²) in [5, 5.41) is 3.43. The molecule has 84 valence electrons. The smallest absolute Gasteiger partial charge is 0.0207 e. The molecular weight excluding hydrogens is 250 g/mol. The van der Waals surface area contributed by atoms with Crippen molar-refractivity contribution in [3.8, 4) is 0 Å². The molecule has 1 unspecified atom stereocenters. The highest BCUT2D eigenvalue weighted by atomic mass is 79.9. The lowest BCUT2D eigenvalue weighted by molar-refractivity contribution is 0.512. The average molecular weight is 270 g/mol. The van der Waals surface area contributed by atoms with Gasteiger partial charge < -0.3 is 5.32 Å². The number of nitrogens with one attached hydrogen (secondary N) is 1. The molecule has 0 radical (unpaired) electrons. The molecule has 0 aliphatic rings. The Morgan fingerprint density at radius 3 is 2.73 bits per heavy atom. The van der Waals surface area contributed by atoms with Crippen LogP contribution in [0.1, 0.15) is 32.3 Å². The average Bonchev–Trinajstić information content (AvgIpc) is 2.21. The molecule has 0 fully saturated rings. The van der Waals surface area contributed by atoms with Gasteiger partial charge >= 0.3 is 0 Å². The highest BCUT2D eigenvalue weighted by Crippen LogP contribution is 2.18. The largest absolute Gasteiger partial charge is 0.315 e. The lowest BCUT2D eigenvalue weighted by atomic mass is 10.1. The number of hydrogen-bond acceptors (Lipinski definition) is 1. The van der Waals surface area contributed by atoms with Crippen LogP contribution in [0.15, 0.2) is 28.7 Å². The standard InChI is InChI=1S/C13H20BrN/c1-3-15-11(2)7-6-9-12-8-4-5-10-13(12)14/h4-5,8,10-11,15H,3,6-7,9H2,1-2H3. The topological polar surface area (TPSA) is 12.0 Å². The van der Waals surface area contributed by atoms with Gasteiger partial charge in [0.1, 0.15) is 0 Å². The van der Waals surface area contributed by atoms with Crippen molar-refractivity contribution in [2.75, 3.05) is 6.54 Å². The van der Waals surface area contributed by atoms with Crippen LogP contribution in [-0.2, 0) is 6.42 Å². The number of aryl methyl sites for hydroxylation is 1. The summed E-state index contributed by atoms with van der Waals surface area (Å²) in [6, 6.07) is 9.12. The van der Waals surface area contributed by atoms with Crippen LogP contribution in [0.25, 0.3) is 0 Å². The van der Waals surface area contributed by atoms with Crippen LogP contribution in [0.3, 0.4) is 0 Å². The van der Waals surface area contributed by atoms with Crippen LogP contribution in [0.2, 0.25) is 0 Å². The third-order valence-corrected chi connectivity index (χ3v) is 3.37. The molecule has 0 amide bonds. The summed E-state index contributed by atoms with van der Waals surface area (Å²) in [6.45, 7) is 5.48. The van der Waals surface area contributed by atoms with Gasteiger partial charge in [-0.25, -0.2) is 0 Å². The van der Waals surface area contributed by atoms with Crippen LogP contribution >= 0.6 is 15.9 Å². The molecule has 0 spiro atoms. The second-order valence-corrected chi connectivity index (χ2v) is 4.80. The molecule has 2 heteroatoms. The van der Waals surface area contributed by atoms with E-state index in [1.807, 2.05) is 0 Å². The van der Waals surface area contributed by atoms with Crippen molar-refractivity contribution in [1.82, 2.24) is 5.32 Å². The van der Waals surface area contributed by atoms with Crippen molar-refractivity contribution in [2.24, 2.45) is 0 Å². The first kappa shape index (κ1) is 12.7. The Bertz CT molecular complexity index is 286. The Balaban J connectivity index is 2.29. The van der Waals surface area contributed by atoms with Crippen molar-refractivity contribution in [2.45, 2.75) is 39.2 Å². The van der Waals surface area contributed by atoms with Gasteiger partial charge in [0.25, 0.3) is 0 Å². The molecule has 0 aliphatic heterocycles. The molecule has 1 aromatic rings. The van der Waals surface area contributed by atoms with Crippen LogP contribution < -0.4 is 5.32 Å². The second-order valence-electron chi connectivity index (χ2n) is 3.94. The van der Waals surface area contributed by atoms with Gasteiger partial charge in [0.2, 0.25) is 0 Å². The summed E-state index contributed by atoms with van der Waals surface area (Å²) in [5.41, 5.74) is 1.42. The second kappa shape index (κ2) is 7.02. The van der Waals surface area contributed by atoms with Gasteiger partial charge in [-0.05, 0) is 44.4 Å². The maximum atomic E-state index is 3.58. The molecule has 0 saturated heterocycles. The fourth-order valence-corrected chi connectivity index (χ4v) is 2.23. The molecule has 0 heterocycles. The summed E-state index contributed by atoms with van der Waals surface area (Å²) in [4.78, 5) is 0. The van der Waals surface area contributed by atoms with Crippen molar-refractivity contribution in [3.63, 3.8) is 0 Å². The van der Waals surface area contributed by atoms with Crippen molar-refractivity contribution >= 4 is 15.9 Å². The molecular formula is C13H20BrN. The van der Waals surface area contributed by atoms with Gasteiger partial charge in [-0.2, -0.15) is 0 Å². The minimum atomic E-state index is 0.637. The third kappa shape index (κ3) is 4.80. The zero-order valence-electron chi connectivity index (χ0n) is 9.59. The summed E-state index contributed by atoms with van der Waals surface area (Å²) in [7, 11) is 0. The predicted molar refractivity (Wildman–Crippen MR) is 70.2 cm³/mol. The molecule has 1 N–H and O–H groups in total. The SMILES string of the molecule is CCNC(C)CCCc1ccccc1Br. The molecule has 0 aromatic heterocycles. The number of benzene rings is 1. The molecule has 0 bridgehead atoms. The zero-order chi connectivity index (χ0) is 11.1. The Hall–Kier alpha value is -0.340. The molecule has 1 rings (SSSR count). The maximum Gasteiger partial charge on any atom is 0.0207 e. The fraction of sp³-hybridized carbons (Fsp3) is 0.538. The molecule has 0 aliphatic carbocycles. The van der Waals surface area contributed by atoms with E-state index in [9.17, 15) is 0 Å². The molecule has 1 aromatic carbocycles. The van der Waals surface area contributed by atoms with E-state index in [-0.39, 0.29) is 0 Å². The highest BCUT2D eigenvalue weighted by molar-refractivity contribution is 9.10. The maximum absolute atomic E-state index is 3.58. The minimum Gasteiger partial charge on any atom is -0.315 e. The van der Waals surface area contributed by atoms with Crippen LogP contribution in [0.5, 0.6) is 0 Å². The number of hydrogen-bond donors (Lipinski definition) is 1. The number of rotatable bonds is 6.